The van der Waals surface area contributed by atoms with Crippen molar-refractivity contribution in [2.45, 2.75) is 52.1 Å². The number of nitrogen functional groups attached to an aromatic ring is 1. The molecule has 0 aliphatic carbocycles. The first kappa shape index (κ1) is 35.8. The number of carbonyl (C=O) groups is 1. The maximum absolute atomic E-state index is 12.8. The number of carbonyl (C=O) groups excluding carboxylic acids is 1. The van der Waals surface area contributed by atoms with Gasteiger partial charge in [-0.05, 0) is 61.2 Å². The van der Waals surface area contributed by atoms with Gasteiger partial charge in [-0.1, -0.05) is 49.7 Å². The number of fused-ring (bicyclic) bond motifs is 1. The van der Waals surface area contributed by atoms with Gasteiger partial charge in [-0.3, -0.25) is 19.2 Å². The van der Waals surface area contributed by atoms with Gasteiger partial charge in [0.05, 0.1) is 46.5 Å². The van der Waals surface area contributed by atoms with Gasteiger partial charge < -0.3 is 29.7 Å². The normalized spacial score (nSPS) is 13.6. The van der Waals surface area contributed by atoms with Crippen LogP contribution in [0, 0.1) is 0 Å². The highest BCUT2D eigenvalue weighted by Gasteiger charge is 2.16. The molecule has 3 N–H and O–H groups in total. The van der Waals surface area contributed by atoms with Crippen LogP contribution in [0.1, 0.15) is 49.3 Å². The van der Waals surface area contributed by atoms with Crippen LogP contribution in [0.5, 0.6) is 11.8 Å². The van der Waals surface area contributed by atoms with E-state index in [1.165, 1.54) is 17.2 Å². The Morgan fingerprint density at radius 2 is 1.73 bits per heavy atom. The summed E-state index contributed by atoms with van der Waals surface area (Å²) in [6, 6.07) is 16.1. The molecule has 2 aromatic heterocycles. The van der Waals surface area contributed by atoms with Crippen LogP contribution in [0.25, 0.3) is 11.2 Å². The third kappa shape index (κ3) is 10.8. The van der Waals surface area contributed by atoms with Gasteiger partial charge in [0.15, 0.2) is 11.5 Å². The van der Waals surface area contributed by atoms with Crippen LogP contribution >= 0.6 is 0 Å². The average Bonchev–Trinajstić information content (AvgIpc) is 3.42. The number of imidazole rings is 1. The van der Waals surface area contributed by atoms with Gasteiger partial charge in [0.1, 0.15) is 11.3 Å². The van der Waals surface area contributed by atoms with E-state index in [0.717, 1.165) is 95.0 Å². The predicted octanol–water partition coefficient (Wildman–Crippen LogP) is 3.64. The number of hydrogen-bond donors (Lipinski definition) is 2. The molecule has 2 aromatic carbocycles. The highest BCUT2D eigenvalue weighted by Crippen LogP contribution is 2.20. The highest BCUT2D eigenvalue weighted by atomic mass is 16.5. The number of esters is 1. The minimum Gasteiger partial charge on any atom is -0.494 e. The Morgan fingerprint density at radius 1 is 0.980 bits per heavy atom. The van der Waals surface area contributed by atoms with Gasteiger partial charge in [0.25, 0.3) is 0 Å². The molecule has 5 rings (SSSR count). The van der Waals surface area contributed by atoms with Gasteiger partial charge in [0.2, 0.25) is 0 Å². The summed E-state index contributed by atoms with van der Waals surface area (Å²) in [5.74, 6) is 0.708. The second-order valence-electron chi connectivity index (χ2n) is 12.3. The number of aromatic amines is 1. The summed E-state index contributed by atoms with van der Waals surface area (Å²) >= 11 is 0. The predicted molar refractivity (Wildman–Crippen MR) is 188 cm³/mol. The number of nitrogens with two attached hydrogens (primary N) is 1. The molecule has 13 heteroatoms. The lowest BCUT2D eigenvalue weighted by molar-refractivity contribution is -0.139. The zero-order chi connectivity index (χ0) is 34.4. The van der Waals surface area contributed by atoms with E-state index in [1.54, 1.807) is 0 Å². The third-order valence-electron chi connectivity index (χ3n) is 8.54. The first-order valence-electron chi connectivity index (χ1n) is 17.2. The van der Waals surface area contributed by atoms with Gasteiger partial charge in [-0.15, -0.1) is 0 Å². The second kappa shape index (κ2) is 18.3. The zero-order valence-corrected chi connectivity index (χ0v) is 28.7. The molecule has 0 unspecified atom stereocenters. The minimum atomic E-state index is -0.313. The zero-order valence-electron chi connectivity index (χ0n) is 28.7. The summed E-state index contributed by atoms with van der Waals surface area (Å²) in [5, 5.41) is 0. The van der Waals surface area contributed by atoms with Gasteiger partial charge in [-0.2, -0.15) is 9.97 Å². The van der Waals surface area contributed by atoms with Gasteiger partial charge in [-0.25, -0.2) is 4.79 Å². The van der Waals surface area contributed by atoms with Crippen molar-refractivity contribution in [2.75, 3.05) is 72.0 Å². The molecule has 1 fully saturated rings. The first-order valence-corrected chi connectivity index (χ1v) is 17.2. The van der Waals surface area contributed by atoms with E-state index in [0.29, 0.717) is 30.9 Å². The van der Waals surface area contributed by atoms with Crippen LogP contribution < -0.4 is 20.9 Å². The lowest BCUT2D eigenvalue weighted by atomic mass is 10.1. The molecule has 3 heterocycles. The molecular formula is C36H49N7O6. The fourth-order valence-corrected chi connectivity index (χ4v) is 5.85. The van der Waals surface area contributed by atoms with Crippen LogP contribution in [0.15, 0.2) is 53.3 Å². The van der Waals surface area contributed by atoms with E-state index in [4.69, 9.17) is 24.7 Å². The Hall–Kier alpha value is -4.46. The molecule has 13 nitrogen and oxygen atoms in total. The molecule has 264 valence electrons. The SMILES string of the molecule is CCCCOc1nc(N)c2[nH]c(=O)n(Cc3ccc(OCCCN(CCCN4CCOCC4)Cc4cccc(CC(=O)OC)c4)cc3)c2n1. The number of anilines is 1. The molecule has 0 spiro atoms. The van der Waals surface area contributed by atoms with Crippen molar-refractivity contribution in [3.8, 4) is 11.8 Å². The van der Waals surface area contributed by atoms with Crippen molar-refractivity contribution in [3.63, 3.8) is 0 Å². The number of H-pyrrole nitrogens is 1. The molecule has 1 aliphatic rings. The van der Waals surface area contributed by atoms with Crippen molar-refractivity contribution in [1.29, 1.82) is 0 Å². The number of rotatable bonds is 19. The molecule has 0 bridgehead atoms. The third-order valence-corrected chi connectivity index (χ3v) is 8.54. The summed E-state index contributed by atoms with van der Waals surface area (Å²) in [6.07, 6.45) is 4.05. The summed E-state index contributed by atoms with van der Waals surface area (Å²) in [4.78, 5) is 40.9. The largest absolute Gasteiger partial charge is 0.494 e. The summed E-state index contributed by atoms with van der Waals surface area (Å²) in [7, 11) is 1.42. The highest BCUT2D eigenvalue weighted by molar-refractivity contribution is 5.82. The maximum atomic E-state index is 12.8. The standard InChI is InChI=1S/C36H49N7O6/c1-3-4-19-49-35-39-33(37)32-34(40-35)43(36(45)38-32)26-27-10-12-30(13-11-27)48-20-7-16-42(15-6-14-41-17-21-47-22-18-41)25-29-9-5-8-28(23-29)24-31(44)46-2/h5,8-13,23H,3-4,6-7,14-22,24-26H2,1-2H3,(H,38,45)(H2,37,39,40). The second-order valence-corrected chi connectivity index (χ2v) is 12.3. The van der Waals surface area contributed by atoms with Crippen molar-refractivity contribution in [3.05, 3.63) is 75.7 Å². The number of morpholine rings is 1. The monoisotopic (exact) mass is 675 g/mol. The maximum Gasteiger partial charge on any atom is 0.328 e. The molecule has 0 saturated carbocycles. The minimum absolute atomic E-state index is 0.165. The summed E-state index contributed by atoms with van der Waals surface area (Å²) in [6.45, 7) is 10.7. The molecular weight excluding hydrogens is 626 g/mol. The molecule has 0 amide bonds. The van der Waals surface area contributed by atoms with E-state index in [9.17, 15) is 9.59 Å². The van der Waals surface area contributed by atoms with Crippen LogP contribution in [0.2, 0.25) is 0 Å². The van der Waals surface area contributed by atoms with Crippen LogP contribution in [-0.4, -0.2) is 102 Å². The molecule has 1 aliphatic heterocycles. The Kier molecular flexibility index (Phi) is 13.4. The smallest absolute Gasteiger partial charge is 0.328 e. The number of benzene rings is 2. The van der Waals surface area contributed by atoms with Crippen molar-refractivity contribution >= 4 is 23.0 Å². The van der Waals surface area contributed by atoms with Crippen molar-refractivity contribution < 1.29 is 23.7 Å². The number of nitrogens with zero attached hydrogens (tertiary/aromatic N) is 5. The Balaban J connectivity index is 1.15. The topological polar surface area (TPSA) is 150 Å². The lowest BCUT2D eigenvalue weighted by Crippen LogP contribution is -2.38. The quantitative estimate of drug-likeness (QED) is 0.111. The van der Waals surface area contributed by atoms with E-state index >= 15 is 0 Å². The molecule has 0 atom stereocenters. The van der Waals surface area contributed by atoms with Crippen molar-refractivity contribution in [1.82, 2.24) is 29.3 Å². The molecule has 49 heavy (non-hydrogen) atoms. The van der Waals surface area contributed by atoms with Gasteiger partial charge >= 0.3 is 17.7 Å². The van der Waals surface area contributed by atoms with Crippen molar-refractivity contribution in [2.24, 2.45) is 0 Å². The fourth-order valence-electron chi connectivity index (χ4n) is 5.85. The Bertz CT molecular complexity index is 1680. The lowest BCUT2D eigenvalue weighted by Gasteiger charge is -2.28. The van der Waals surface area contributed by atoms with Gasteiger partial charge in [0, 0.05) is 26.2 Å². The van der Waals surface area contributed by atoms with Crippen LogP contribution in [0.3, 0.4) is 0 Å². The van der Waals surface area contributed by atoms with E-state index in [1.807, 2.05) is 36.4 Å². The Morgan fingerprint density at radius 3 is 2.51 bits per heavy atom. The molecule has 1 saturated heterocycles. The van der Waals surface area contributed by atoms with E-state index < -0.39 is 0 Å². The van der Waals surface area contributed by atoms with Crippen LogP contribution in [0.4, 0.5) is 5.82 Å². The van der Waals surface area contributed by atoms with Crippen LogP contribution in [-0.2, 0) is 33.8 Å². The average molecular weight is 676 g/mol. The number of hydrogen-bond acceptors (Lipinski definition) is 11. The Labute approximate surface area is 287 Å². The summed E-state index contributed by atoms with van der Waals surface area (Å²) < 4.78 is 23.7. The number of nitrogens with one attached hydrogen (secondary N) is 1. The molecule has 4 aromatic rings. The molecule has 0 radical (unpaired) electrons. The fraction of sp³-hybridized carbons (Fsp3) is 0.500. The number of aromatic nitrogens is 4. The first-order chi connectivity index (χ1) is 23.9. The number of unbranched alkanes of at least 4 members (excludes halogenated alkanes) is 1. The number of methoxy groups -OCH3 is 1. The summed E-state index contributed by atoms with van der Waals surface area (Å²) in [5.41, 5.74) is 9.64. The number of ether oxygens (including phenoxy) is 4. The van der Waals surface area contributed by atoms with E-state index in [-0.39, 0.29) is 29.9 Å². The van der Waals surface area contributed by atoms with E-state index in [2.05, 4.69) is 43.8 Å².